The summed E-state index contributed by atoms with van der Waals surface area (Å²) in [5.41, 5.74) is -2.37. The normalized spacial score (nSPS) is 11.0. The lowest BCUT2D eigenvalue weighted by atomic mass is 10.1. The fraction of sp³-hybridized carbons (Fsp3) is 0. The first-order valence-electron chi connectivity index (χ1n) is 9.62. The highest BCUT2D eigenvalue weighted by Crippen LogP contribution is 2.28. The summed E-state index contributed by atoms with van der Waals surface area (Å²) in [7, 11) is 0. The summed E-state index contributed by atoms with van der Waals surface area (Å²) in [6.07, 6.45) is 0. The van der Waals surface area contributed by atoms with E-state index in [1.54, 1.807) is 0 Å². The Morgan fingerprint density at radius 1 is 0.472 bits per heavy atom. The van der Waals surface area contributed by atoms with Crippen molar-refractivity contribution in [1.29, 1.82) is 0 Å². The summed E-state index contributed by atoms with van der Waals surface area (Å²) in [4.78, 5) is 24.2. The monoisotopic (exact) mass is 512 g/mol. The van der Waals surface area contributed by atoms with Crippen LogP contribution in [-0.2, 0) is 0 Å². The average Bonchev–Trinajstić information content (AvgIpc) is 2.85. The Hall–Kier alpha value is -4.48. The molecule has 0 aliphatic carbocycles. The Morgan fingerprint density at radius 2 is 0.833 bits per heavy atom. The molecule has 4 aromatic carbocycles. The molecule has 4 aromatic rings. The third kappa shape index (κ3) is 4.44. The number of carbonyl (C=O) groups excluding carboxylic acids is 2. The second-order valence-corrected chi connectivity index (χ2v) is 7.15. The molecule has 4 rings (SSSR count). The van der Waals surface area contributed by atoms with E-state index in [1.165, 1.54) is 36.4 Å². The highest BCUT2D eigenvalue weighted by molar-refractivity contribution is 5.94. The molecule has 0 heterocycles. The van der Waals surface area contributed by atoms with E-state index in [0.717, 1.165) is 0 Å². The number of hydrogen-bond donors (Lipinski definition) is 0. The maximum Gasteiger partial charge on any atom is 0.346 e. The molecule has 0 aromatic heterocycles. The van der Waals surface area contributed by atoms with Gasteiger partial charge in [-0.2, -0.15) is 0 Å². The number of esters is 2. The molecular weight excluding hydrogens is 504 g/mol. The van der Waals surface area contributed by atoms with Gasteiger partial charge in [-0.1, -0.05) is 12.1 Å². The van der Waals surface area contributed by atoms with E-state index in [-0.39, 0.29) is 23.6 Å². The predicted octanol–water partition coefficient (Wildman–Crippen LogP) is 6.39. The van der Waals surface area contributed by atoms with Crippen molar-refractivity contribution in [3.63, 3.8) is 0 Å². The Kier molecular flexibility index (Phi) is 6.35. The summed E-state index contributed by atoms with van der Waals surface area (Å²) in [5.74, 6) is -19.5. The Labute approximate surface area is 195 Å². The van der Waals surface area contributed by atoms with Crippen molar-refractivity contribution in [1.82, 2.24) is 0 Å². The number of hydrogen-bond acceptors (Lipinski definition) is 4. The lowest BCUT2D eigenvalue weighted by Gasteiger charge is -2.09. The molecule has 36 heavy (non-hydrogen) atoms. The van der Waals surface area contributed by atoms with Gasteiger partial charge in [-0.25, -0.2) is 44.7 Å². The zero-order valence-corrected chi connectivity index (χ0v) is 17.3. The van der Waals surface area contributed by atoms with E-state index in [9.17, 15) is 44.7 Å². The molecule has 0 bridgehead atoms. The first-order chi connectivity index (χ1) is 17.0. The molecule has 0 amide bonds. The molecule has 4 nitrogen and oxygen atoms in total. The van der Waals surface area contributed by atoms with Crippen LogP contribution in [0.5, 0.6) is 11.5 Å². The van der Waals surface area contributed by atoms with Gasteiger partial charge >= 0.3 is 11.9 Å². The summed E-state index contributed by atoms with van der Waals surface area (Å²) in [6, 6.07) is 7.72. The predicted molar refractivity (Wildman–Crippen MR) is 106 cm³/mol. The Bertz CT molecular complexity index is 1450. The first-order valence-corrected chi connectivity index (χ1v) is 9.62. The molecule has 0 N–H and O–H groups in total. The fourth-order valence-electron chi connectivity index (χ4n) is 3.10. The van der Waals surface area contributed by atoms with Crippen LogP contribution in [0.1, 0.15) is 20.7 Å². The molecule has 0 saturated carbocycles. The fourth-order valence-corrected chi connectivity index (χ4v) is 3.10. The number of carbonyl (C=O) groups is 2. The zero-order chi connectivity index (χ0) is 26.3. The average molecular weight is 512 g/mol. The standard InChI is InChI=1S/C24H8F8O4/c25-15-7-13(17(27)21(31)19(15)29)23(33)35-11-3-1-9-5-12(4-2-10(9)6-11)36-24(34)14-8-16(26)20(30)22(32)18(14)28/h1-8H. The lowest BCUT2D eigenvalue weighted by molar-refractivity contribution is 0.0717. The molecule has 0 spiro atoms. The molecule has 12 heteroatoms. The second-order valence-electron chi connectivity index (χ2n) is 7.15. The summed E-state index contributed by atoms with van der Waals surface area (Å²) < 4.78 is 117. The Morgan fingerprint density at radius 3 is 1.19 bits per heavy atom. The number of benzene rings is 4. The van der Waals surface area contributed by atoms with Crippen molar-refractivity contribution in [3.8, 4) is 11.5 Å². The van der Waals surface area contributed by atoms with Crippen molar-refractivity contribution < 1.29 is 54.2 Å². The third-order valence-electron chi connectivity index (χ3n) is 4.85. The van der Waals surface area contributed by atoms with Crippen LogP contribution in [0.4, 0.5) is 35.1 Å². The maximum absolute atomic E-state index is 13.8. The van der Waals surface area contributed by atoms with E-state index in [4.69, 9.17) is 9.47 Å². The minimum Gasteiger partial charge on any atom is -0.423 e. The van der Waals surface area contributed by atoms with Gasteiger partial charge in [0.15, 0.2) is 46.5 Å². The van der Waals surface area contributed by atoms with Crippen molar-refractivity contribution in [3.05, 3.63) is 106 Å². The van der Waals surface area contributed by atoms with Crippen LogP contribution in [0, 0.1) is 46.5 Å². The van der Waals surface area contributed by atoms with Crippen LogP contribution in [0.25, 0.3) is 10.8 Å². The molecule has 184 valence electrons. The van der Waals surface area contributed by atoms with Gasteiger partial charge in [0.05, 0.1) is 0 Å². The first kappa shape index (κ1) is 24.6. The van der Waals surface area contributed by atoms with E-state index in [0.29, 0.717) is 10.8 Å². The zero-order valence-electron chi connectivity index (χ0n) is 17.3. The van der Waals surface area contributed by atoms with Gasteiger partial charge in [-0.15, -0.1) is 0 Å². The summed E-state index contributed by atoms with van der Waals surface area (Å²) >= 11 is 0. The molecule has 0 radical (unpaired) electrons. The van der Waals surface area contributed by atoms with E-state index in [2.05, 4.69) is 0 Å². The number of ether oxygens (including phenoxy) is 2. The van der Waals surface area contributed by atoms with Gasteiger partial charge in [-0.3, -0.25) is 0 Å². The van der Waals surface area contributed by atoms with Crippen LogP contribution < -0.4 is 9.47 Å². The minimum absolute atomic E-state index is 0.138. The number of halogens is 8. The minimum atomic E-state index is -2.19. The van der Waals surface area contributed by atoms with Crippen molar-refractivity contribution >= 4 is 22.7 Å². The molecule has 0 unspecified atom stereocenters. The van der Waals surface area contributed by atoms with Crippen molar-refractivity contribution in [2.45, 2.75) is 0 Å². The lowest BCUT2D eigenvalue weighted by Crippen LogP contribution is -2.14. The van der Waals surface area contributed by atoms with Gasteiger partial charge in [0.25, 0.3) is 0 Å². The van der Waals surface area contributed by atoms with Crippen LogP contribution in [0.3, 0.4) is 0 Å². The molecule has 0 aliphatic heterocycles. The van der Waals surface area contributed by atoms with E-state index < -0.39 is 69.6 Å². The van der Waals surface area contributed by atoms with Crippen molar-refractivity contribution in [2.24, 2.45) is 0 Å². The van der Waals surface area contributed by atoms with E-state index >= 15 is 0 Å². The Balaban J connectivity index is 1.55. The number of rotatable bonds is 4. The van der Waals surface area contributed by atoms with Crippen molar-refractivity contribution in [2.75, 3.05) is 0 Å². The quantitative estimate of drug-likeness (QED) is 0.105. The molecular formula is C24H8F8O4. The summed E-state index contributed by atoms with van der Waals surface area (Å²) in [6.45, 7) is 0. The molecule has 0 aliphatic rings. The van der Waals surface area contributed by atoms with Gasteiger partial charge in [0, 0.05) is 0 Å². The van der Waals surface area contributed by atoms with Crippen LogP contribution >= 0.6 is 0 Å². The van der Waals surface area contributed by atoms with Gasteiger partial charge in [0.1, 0.15) is 22.6 Å². The van der Waals surface area contributed by atoms with Crippen LogP contribution in [0.15, 0.2) is 48.5 Å². The van der Waals surface area contributed by atoms with Gasteiger partial charge in [-0.05, 0) is 47.2 Å². The second kappa shape index (κ2) is 9.29. The SMILES string of the molecule is O=C(Oc1ccc2cc(OC(=O)c3cc(F)c(F)c(F)c3F)ccc2c1)c1cc(F)c(F)c(F)c1F. The van der Waals surface area contributed by atoms with Gasteiger partial charge < -0.3 is 9.47 Å². The third-order valence-corrected chi connectivity index (χ3v) is 4.85. The van der Waals surface area contributed by atoms with Crippen LogP contribution in [-0.4, -0.2) is 11.9 Å². The largest absolute Gasteiger partial charge is 0.423 e. The maximum atomic E-state index is 13.8. The highest BCUT2D eigenvalue weighted by atomic mass is 19.2. The molecule has 0 atom stereocenters. The number of fused-ring (bicyclic) bond motifs is 1. The molecule has 0 fully saturated rings. The van der Waals surface area contributed by atoms with Gasteiger partial charge in [0.2, 0.25) is 0 Å². The van der Waals surface area contributed by atoms with E-state index in [1.807, 2.05) is 0 Å². The smallest absolute Gasteiger partial charge is 0.346 e. The topological polar surface area (TPSA) is 52.6 Å². The highest BCUT2D eigenvalue weighted by Gasteiger charge is 2.26. The molecule has 0 saturated heterocycles. The summed E-state index contributed by atoms with van der Waals surface area (Å²) in [5, 5.41) is 0.671. The van der Waals surface area contributed by atoms with Crippen LogP contribution in [0.2, 0.25) is 0 Å².